The van der Waals surface area contributed by atoms with Gasteiger partial charge in [0.15, 0.2) is 0 Å². The van der Waals surface area contributed by atoms with Gasteiger partial charge in [0.05, 0.1) is 23.3 Å². The van der Waals surface area contributed by atoms with E-state index in [0.29, 0.717) is 28.1 Å². The van der Waals surface area contributed by atoms with Crippen molar-refractivity contribution in [1.29, 1.82) is 0 Å². The van der Waals surface area contributed by atoms with E-state index in [-0.39, 0.29) is 17.3 Å². The van der Waals surface area contributed by atoms with E-state index in [2.05, 4.69) is 31.0 Å². The Morgan fingerprint density at radius 3 is 2.68 bits per heavy atom. The number of nitro benzene ring substituents is 1. The van der Waals surface area contributed by atoms with Crippen molar-refractivity contribution in [2.24, 2.45) is 0 Å². The maximum absolute atomic E-state index is 12.7. The van der Waals surface area contributed by atoms with Crippen LogP contribution >= 0.6 is 0 Å². The number of benzene rings is 2. The molecule has 1 atom stereocenters. The lowest BCUT2D eigenvalue weighted by molar-refractivity contribution is -0.385. The minimum atomic E-state index is -0.852. The molecule has 4 aromatic rings. The van der Waals surface area contributed by atoms with Gasteiger partial charge in [0.25, 0.3) is 11.2 Å². The SMILES string of the molecule is COc1ccc(-c2n[nH]c(=O)c3c2[C@@H](c2ccccc2[N+](=O)[O-])n2nnnc2N3)cc1. The Morgan fingerprint density at radius 1 is 1.16 bits per heavy atom. The molecule has 3 heterocycles. The fraction of sp³-hybridized carbons (Fsp3) is 0.105. The molecule has 0 saturated carbocycles. The molecule has 5 rings (SSSR count). The van der Waals surface area contributed by atoms with Crippen LogP contribution in [-0.4, -0.2) is 42.4 Å². The Morgan fingerprint density at radius 2 is 1.94 bits per heavy atom. The Labute approximate surface area is 173 Å². The number of H-pyrrole nitrogens is 1. The van der Waals surface area contributed by atoms with Crippen LogP contribution in [0.1, 0.15) is 17.2 Å². The van der Waals surface area contributed by atoms with E-state index in [0.717, 1.165) is 0 Å². The van der Waals surface area contributed by atoms with Crippen molar-refractivity contribution >= 4 is 17.3 Å². The van der Waals surface area contributed by atoms with Crippen molar-refractivity contribution in [3.05, 3.63) is 80.1 Å². The van der Waals surface area contributed by atoms with Gasteiger partial charge in [-0.2, -0.15) is 9.78 Å². The van der Waals surface area contributed by atoms with Crippen LogP contribution in [0.3, 0.4) is 0 Å². The highest BCUT2D eigenvalue weighted by Crippen LogP contribution is 2.43. The van der Waals surface area contributed by atoms with Gasteiger partial charge in [0.1, 0.15) is 17.5 Å². The monoisotopic (exact) mass is 418 g/mol. The molecule has 154 valence electrons. The summed E-state index contributed by atoms with van der Waals surface area (Å²) in [5, 5.41) is 33.0. The van der Waals surface area contributed by atoms with E-state index in [9.17, 15) is 14.9 Å². The van der Waals surface area contributed by atoms with Gasteiger partial charge in [-0.1, -0.05) is 17.2 Å². The van der Waals surface area contributed by atoms with Crippen molar-refractivity contribution < 1.29 is 9.66 Å². The van der Waals surface area contributed by atoms with Crippen molar-refractivity contribution in [1.82, 2.24) is 30.4 Å². The molecule has 12 heteroatoms. The molecule has 0 amide bonds. The maximum atomic E-state index is 12.7. The lowest BCUT2D eigenvalue weighted by Gasteiger charge is -2.27. The van der Waals surface area contributed by atoms with Crippen molar-refractivity contribution in [2.75, 3.05) is 12.4 Å². The number of nitrogens with zero attached hydrogens (tertiary/aromatic N) is 6. The zero-order chi connectivity index (χ0) is 21.5. The van der Waals surface area contributed by atoms with Gasteiger partial charge < -0.3 is 10.1 Å². The number of aromatic amines is 1. The van der Waals surface area contributed by atoms with Crippen LogP contribution < -0.4 is 15.6 Å². The van der Waals surface area contributed by atoms with Gasteiger partial charge in [-0.3, -0.25) is 14.9 Å². The molecule has 1 aliphatic rings. The molecule has 0 fully saturated rings. The first-order valence-corrected chi connectivity index (χ1v) is 9.13. The second kappa shape index (κ2) is 7.02. The zero-order valence-electron chi connectivity index (χ0n) is 16.0. The molecule has 0 bridgehead atoms. The summed E-state index contributed by atoms with van der Waals surface area (Å²) < 4.78 is 6.61. The minimum Gasteiger partial charge on any atom is -0.497 e. The van der Waals surface area contributed by atoms with Gasteiger partial charge in [-0.25, -0.2) is 5.10 Å². The number of rotatable bonds is 4. The van der Waals surface area contributed by atoms with Gasteiger partial charge in [-0.15, -0.1) is 0 Å². The first-order valence-electron chi connectivity index (χ1n) is 9.13. The topological polar surface area (TPSA) is 154 Å². The lowest BCUT2D eigenvalue weighted by Crippen LogP contribution is -2.29. The summed E-state index contributed by atoms with van der Waals surface area (Å²) in [6, 6.07) is 12.5. The van der Waals surface area contributed by atoms with Crippen LogP contribution in [0.15, 0.2) is 53.3 Å². The number of methoxy groups -OCH3 is 1. The summed E-state index contributed by atoms with van der Waals surface area (Å²) in [5.74, 6) is 0.839. The summed E-state index contributed by atoms with van der Waals surface area (Å²) in [6.45, 7) is 0. The van der Waals surface area contributed by atoms with Crippen LogP contribution in [-0.2, 0) is 0 Å². The zero-order valence-corrected chi connectivity index (χ0v) is 16.0. The van der Waals surface area contributed by atoms with E-state index in [1.54, 1.807) is 49.6 Å². The third-order valence-electron chi connectivity index (χ3n) is 5.06. The Bertz CT molecular complexity index is 1360. The molecule has 2 aromatic carbocycles. The molecular formula is C19H14N8O4. The maximum Gasteiger partial charge on any atom is 0.288 e. The number of anilines is 2. The van der Waals surface area contributed by atoms with Crippen LogP contribution in [0.25, 0.3) is 11.3 Å². The molecule has 12 nitrogen and oxygen atoms in total. The highest BCUT2D eigenvalue weighted by Gasteiger charge is 2.37. The predicted octanol–water partition coefficient (Wildman–Crippen LogP) is 2.03. The van der Waals surface area contributed by atoms with Gasteiger partial charge in [0, 0.05) is 17.2 Å². The number of tetrazole rings is 1. The molecule has 0 radical (unpaired) electrons. The fourth-order valence-corrected chi connectivity index (χ4v) is 3.68. The summed E-state index contributed by atoms with van der Waals surface area (Å²) in [4.78, 5) is 23.9. The number of hydrogen-bond donors (Lipinski definition) is 2. The van der Waals surface area contributed by atoms with Gasteiger partial charge >= 0.3 is 0 Å². The van der Waals surface area contributed by atoms with Crippen LogP contribution in [0.2, 0.25) is 0 Å². The van der Waals surface area contributed by atoms with E-state index in [1.165, 1.54) is 10.7 Å². The average Bonchev–Trinajstić information content (AvgIpc) is 3.27. The Hall–Kier alpha value is -4.61. The normalized spacial score (nSPS) is 14.3. The number of hydrogen-bond acceptors (Lipinski definition) is 9. The largest absolute Gasteiger partial charge is 0.497 e. The van der Waals surface area contributed by atoms with E-state index >= 15 is 0 Å². The first kappa shape index (κ1) is 18.4. The summed E-state index contributed by atoms with van der Waals surface area (Å²) in [5.41, 5.74) is 1.40. The van der Waals surface area contributed by atoms with Crippen molar-refractivity contribution in [2.45, 2.75) is 6.04 Å². The van der Waals surface area contributed by atoms with E-state index < -0.39 is 16.5 Å². The number of para-hydroxylation sites is 1. The molecular weight excluding hydrogens is 404 g/mol. The second-order valence-corrected chi connectivity index (χ2v) is 6.71. The summed E-state index contributed by atoms with van der Waals surface area (Å²) in [7, 11) is 1.56. The van der Waals surface area contributed by atoms with E-state index in [1.807, 2.05) is 0 Å². The number of nitro groups is 1. The average molecular weight is 418 g/mol. The third-order valence-corrected chi connectivity index (χ3v) is 5.06. The molecule has 31 heavy (non-hydrogen) atoms. The summed E-state index contributed by atoms with van der Waals surface area (Å²) in [6.07, 6.45) is 0. The minimum absolute atomic E-state index is 0.122. The second-order valence-electron chi connectivity index (χ2n) is 6.71. The summed E-state index contributed by atoms with van der Waals surface area (Å²) >= 11 is 0. The molecule has 0 unspecified atom stereocenters. The number of ether oxygens (including phenoxy) is 1. The number of fused-ring (bicyclic) bond motifs is 2. The third kappa shape index (κ3) is 2.88. The molecule has 0 saturated heterocycles. The standard InChI is InChI=1S/C19H14N8O4/c1-31-11-8-6-10(7-9-11)15-14-16(18(28)22-21-15)20-19-23-24-25-26(19)17(14)12-4-2-3-5-13(12)27(29)30/h2-9,17H,1H3,(H,22,28)(H,20,23,25)/t17-/m1/s1. The van der Waals surface area contributed by atoms with Crippen molar-refractivity contribution in [3.63, 3.8) is 0 Å². The van der Waals surface area contributed by atoms with Crippen LogP contribution in [0, 0.1) is 10.1 Å². The van der Waals surface area contributed by atoms with Gasteiger partial charge in [0.2, 0.25) is 5.95 Å². The van der Waals surface area contributed by atoms with E-state index in [4.69, 9.17) is 4.74 Å². The molecule has 2 aromatic heterocycles. The number of nitrogens with one attached hydrogen (secondary N) is 2. The molecule has 0 aliphatic carbocycles. The first-order chi connectivity index (χ1) is 15.1. The molecule has 1 aliphatic heterocycles. The molecule has 2 N–H and O–H groups in total. The fourth-order valence-electron chi connectivity index (χ4n) is 3.68. The lowest BCUT2D eigenvalue weighted by atomic mass is 9.91. The van der Waals surface area contributed by atoms with Crippen LogP contribution in [0.4, 0.5) is 17.3 Å². The quantitative estimate of drug-likeness (QED) is 0.329. The predicted molar refractivity (Wildman–Crippen MR) is 108 cm³/mol. The smallest absolute Gasteiger partial charge is 0.288 e. The molecule has 0 spiro atoms. The highest BCUT2D eigenvalue weighted by molar-refractivity contribution is 5.76. The number of aromatic nitrogens is 6. The van der Waals surface area contributed by atoms with Crippen molar-refractivity contribution in [3.8, 4) is 17.0 Å². The highest BCUT2D eigenvalue weighted by atomic mass is 16.6. The Kier molecular flexibility index (Phi) is 4.17. The Balaban J connectivity index is 1.82. The van der Waals surface area contributed by atoms with Crippen LogP contribution in [0.5, 0.6) is 5.75 Å². The van der Waals surface area contributed by atoms with Gasteiger partial charge in [-0.05, 0) is 40.8 Å².